The Balaban J connectivity index is 2.31. The summed E-state index contributed by atoms with van der Waals surface area (Å²) in [5, 5.41) is 8.23. The van der Waals surface area contributed by atoms with Crippen LogP contribution in [0.3, 0.4) is 0 Å². The molecule has 1 fully saturated rings. The molecule has 1 saturated heterocycles. The molecule has 2 amide bonds. The van der Waals surface area contributed by atoms with Crippen LogP contribution in [0.15, 0.2) is 30.3 Å². The number of quaternary nitrogens is 1. The highest BCUT2D eigenvalue weighted by Gasteiger charge is 2.55. The Hall–Kier alpha value is -2.19. The largest absolute Gasteiger partial charge is 0.521 e. The molecule has 3 atom stereocenters. The minimum absolute atomic E-state index is 0.160. The molecule has 1 heterocycles. The highest BCUT2D eigenvalue weighted by molar-refractivity contribution is 8.15. The molecular formula is C18H22NO6S+. The van der Waals surface area contributed by atoms with Crippen LogP contribution < -0.4 is 0 Å². The van der Waals surface area contributed by atoms with Crippen molar-refractivity contribution in [1.82, 2.24) is 0 Å². The lowest BCUT2D eigenvalue weighted by molar-refractivity contribution is -0.792. The maximum Gasteiger partial charge on any atom is 0.521 e. The maximum atomic E-state index is 13.1. The highest BCUT2D eigenvalue weighted by Crippen LogP contribution is 2.33. The number of rotatable bonds is 5. The van der Waals surface area contributed by atoms with Crippen LogP contribution in [-0.2, 0) is 14.3 Å². The lowest BCUT2D eigenvalue weighted by atomic mass is 10.2. The summed E-state index contributed by atoms with van der Waals surface area (Å²) < 4.78 is 3.88. The third-order valence-electron chi connectivity index (χ3n) is 4.73. The van der Waals surface area contributed by atoms with Gasteiger partial charge in [0, 0.05) is 18.4 Å². The van der Waals surface area contributed by atoms with Crippen LogP contribution in [0.4, 0.5) is 4.79 Å². The van der Waals surface area contributed by atoms with E-state index in [1.54, 1.807) is 37.3 Å². The Kier molecular flexibility index (Phi) is 6.55. The predicted octanol–water partition coefficient (Wildman–Crippen LogP) is 2.70. The summed E-state index contributed by atoms with van der Waals surface area (Å²) >= 11 is 0.686. The molecule has 1 aliphatic rings. The minimum atomic E-state index is -1.25. The molecule has 26 heavy (non-hydrogen) atoms. The van der Waals surface area contributed by atoms with Crippen LogP contribution in [0.25, 0.3) is 0 Å². The first kappa shape index (κ1) is 20.1. The number of benzene rings is 1. The molecule has 2 unspecified atom stereocenters. The van der Waals surface area contributed by atoms with Crippen LogP contribution in [0, 0.1) is 0 Å². The average Bonchev–Trinajstić information content (AvgIpc) is 3.03. The fourth-order valence-corrected chi connectivity index (χ4v) is 4.26. The van der Waals surface area contributed by atoms with Gasteiger partial charge in [-0.15, -0.1) is 0 Å². The number of imide groups is 1. The summed E-state index contributed by atoms with van der Waals surface area (Å²) in [7, 11) is 1.19. The molecule has 0 spiro atoms. The van der Waals surface area contributed by atoms with Crippen molar-refractivity contribution in [2.75, 3.05) is 13.7 Å². The molecule has 0 aromatic heterocycles. The number of thioether (sulfide) groups is 1. The van der Waals surface area contributed by atoms with E-state index in [-0.39, 0.29) is 18.1 Å². The summed E-state index contributed by atoms with van der Waals surface area (Å²) in [5.74, 6) is -1.30. The van der Waals surface area contributed by atoms with E-state index in [0.717, 1.165) is 0 Å². The van der Waals surface area contributed by atoms with Crippen LogP contribution >= 0.6 is 11.8 Å². The third-order valence-corrected chi connectivity index (χ3v) is 5.84. The molecule has 1 aromatic carbocycles. The summed E-state index contributed by atoms with van der Waals surface area (Å²) in [5.41, 5.74) is 0.386. The first-order chi connectivity index (χ1) is 12.3. The van der Waals surface area contributed by atoms with E-state index < -0.39 is 33.7 Å². The number of methoxy groups -OCH3 is 1. The van der Waals surface area contributed by atoms with Gasteiger partial charge in [-0.25, -0.2) is 4.79 Å². The predicted molar refractivity (Wildman–Crippen MR) is 95.6 cm³/mol. The van der Waals surface area contributed by atoms with Gasteiger partial charge >= 0.3 is 18.0 Å². The van der Waals surface area contributed by atoms with Gasteiger partial charge in [-0.05, 0) is 6.92 Å². The van der Waals surface area contributed by atoms with E-state index in [0.29, 0.717) is 30.2 Å². The number of nitrogens with zero attached hydrogens (tertiary/aromatic N) is 1. The average molecular weight is 380 g/mol. The molecule has 7 nitrogen and oxygen atoms in total. The molecule has 0 saturated carbocycles. The van der Waals surface area contributed by atoms with Crippen LogP contribution in [0.5, 0.6) is 0 Å². The van der Waals surface area contributed by atoms with Crippen LogP contribution in [0.2, 0.25) is 0 Å². The van der Waals surface area contributed by atoms with Gasteiger partial charge in [0.15, 0.2) is 0 Å². The molecule has 1 aromatic rings. The van der Waals surface area contributed by atoms with Crippen molar-refractivity contribution < 1.29 is 33.5 Å². The molecule has 140 valence electrons. The van der Waals surface area contributed by atoms with Gasteiger partial charge < -0.3 is 9.84 Å². The zero-order valence-electron chi connectivity index (χ0n) is 14.7. The van der Waals surface area contributed by atoms with E-state index in [1.165, 1.54) is 7.11 Å². The number of amides is 2. The zero-order chi connectivity index (χ0) is 19.3. The van der Waals surface area contributed by atoms with Crippen molar-refractivity contribution >= 4 is 34.8 Å². The van der Waals surface area contributed by atoms with Gasteiger partial charge in [0.05, 0.1) is 20.1 Å². The van der Waals surface area contributed by atoms with E-state index in [4.69, 9.17) is 0 Å². The van der Waals surface area contributed by atoms with Crippen molar-refractivity contribution in [3.05, 3.63) is 35.9 Å². The fraction of sp³-hybridized carbons (Fsp3) is 0.444. The number of hydrogen-bond donors (Lipinski definition) is 1. The monoisotopic (exact) mass is 380 g/mol. The summed E-state index contributed by atoms with van der Waals surface area (Å²) in [6.45, 7) is 1.87. The Morgan fingerprint density at radius 3 is 2.42 bits per heavy atom. The van der Waals surface area contributed by atoms with E-state index in [1.807, 2.05) is 0 Å². The summed E-state index contributed by atoms with van der Waals surface area (Å²) in [6, 6.07) is 7.95. The number of carboxylic acid groups (broad SMARTS) is 1. The Morgan fingerprint density at radius 2 is 1.92 bits per heavy atom. The SMILES string of the molecule is COC(=O)CC(SC(=O)c1ccccc1)C(=O)[N+]1(C(=O)O)CCC[C@H]1C. The van der Waals surface area contributed by atoms with Gasteiger partial charge in [0.1, 0.15) is 11.3 Å². The standard InChI is InChI=1S/C18H21NO6S/c1-12-7-6-10-19(12,18(23)24)16(21)14(11-15(20)25-2)26-17(22)13-8-4-3-5-9-13/h3-5,8-9,12,14H,6-7,10-11H2,1-2H3/p+1/t12-,14?,19?/m1/s1. The van der Waals surface area contributed by atoms with E-state index in [9.17, 15) is 24.3 Å². The number of carbonyl (C=O) groups excluding carboxylic acids is 3. The topological polar surface area (TPSA) is 97.7 Å². The zero-order valence-corrected chi connectivity index (χ0v) is 15.5. The quantitative estimate of drug-likeness (QED) is 0.619. The Morgan fingerprint density at radius 1 is 1.27 bits per heavy atom. The first-order valence-corrected chi connectivity index (χ1v) is 9.19. The molecule has 1 N–H and O–H groups in total. The molecule has 0 bridgehead atoms. The third kappa shape index (κ3) is 3.96. The number of likely N-dealkylation sites (tertiary alicyclic amines) is 1. The second kappa shape index (κ2) is 8.46. The minimum Gasteiger partial charge on any atom is -0.469 e. The fourth-order valence-electron chi connectivity index (χ4n) is 3.23. The van der Waals surface area contributed by atoms with Crippen LogP contribution in [0.1, 0.15) is 36.5 Å². The second-order valence-corrected chi connectivity index (χ2v) is 7.42. The highest BCUT2D eigenvalue weighted by atomic mass is 32.2. The van der Waals surface area contributed by atoms with Crippen molar-refractivity contribution in [3.63, 3.8) is 0 Å². The number of ether oxygens (including phenoxy) is 1. The molecule has 2 rings (SSSR count). The summed E-state index contributed by atoms with van der Waals surface area (Å²) in [6.07, 6.45) is -0.400. The van der Waals surface area contributed by atoms with Gasteiger partial charge in [0.2, 0.25) is 5.12 Å². The lowest BCUT2D eigenvalue weighted by Gasteiger charge is -2.32. The Bertz CT molecular complexity index is 707. The van der Waals surface area contributed by atoms with Gasteiger partial charge in [-0.3, -0.25) is 9.59 Å². The van der Waals surface area contributed by atoms with Crippen molar-refractivity contribution in [2.24, 2.45) is 0 Å². The molecule has 1 aliphatic heterocycles. The molecular weight excluding hydrogens is 358 g/mol. The van der Waals surface area contributed by atoms with Crippen molar-refractivity contribution in [1.29, 1.82) is 0 Å². The second-order valence-electron chi connectivity index (χ2n) is 6.24. The maximum absolute atomic E-state index is 13.1. The first-order valence-electron chi connectivity index (χ1n) is 8.31. The summed E-state index contributed by atoms with van der Waals surface area (Å²) in [4.78, 5) is 49.3. The number of carbonyl (C=O) groups is 4. The van der Waals surface area contributed by atoms with Crippen LogP contribution in [-0.4, -0.2) is 57.6 Å². The van der Waals surface area contributed by atoms with Gasteiger partial charge in [0.25, 0.3) is 0 Å². The molecule has 0 radical (unpaired) electrons. The Labute approximate surface area is 155 Å². The van der Waals surface area contributed by atoms with E-state index in [2.05, 4.69) is 4.74 Å². The van der Waals surface area contributed by atoms with Crippen molar-refractivity contribution in [3.8, 4) is 0 Å². The smallest absolute Gasteiger partial charge is 0.469 e. The number of esters is 1. The normalized spacial score (nSPS) is 23.2. The molecule has 8 heteroatoms. The van der Waals surface area contributed by atoms with Gasteiger partial charge in [-0.1, -0.05) is 42.1 Å². The van der Waals surface area contributed by atoms with Gasteiger partial charge in [-0.2, -0.15) is 9.28 Å². The van der Waals surface area contributed by atoms with Crippen molar-refractivity contribution in [2.45, 2.75) is 37.5 Å². The number of hydrogen-bond acceptors (Lipinski definition) is 6. The molecule has 0 aliphatic carbocycles. The van der Waals surface area contributed by atoms with E-state index >= 15 is 0 Å². The lowest BCUT2D eigenvalue weighted by Crippen LogP contribution is -2.61.